The number of carboxylic acids is 3. The zero-order valence-electron chi connectivity index (χ0n) is 21.6. The second kappa shape index (κ2) is 14.6. The molecule has 208 valence electrons. The lowest BCUT2D eigenvalue weighted by molar-refractivity contribution is -0.613. The molecule has 2 aromatic rings. The number of pyridine rings is 1. The lowest BCUT2D eigenvalue weighted by Gasteiger charge is -2.30. The molecule has 1 aromatic heterocycles. The summed E-state index contributed by atoms with van der Waals surface area (Å²) in [6.07, 6.45) is 2.70. The molecule has 1 aromatic carbocycles. The molecule has 1 aliphatic heterocycles. The van der Waals surface area contributed by atoms with Crippen molar-refractivity contribution >= 4 is 28.7 Å². The molecule has 12 heteroatoms. The van der Waals surface area contributed by atoms with Gasteiger partial charge in [0.15, 0.2) is 6.20 Å². The maximum Gasteiger partial charge on any atom is 0.317 e. The number of hydrogen-bond acceptors (Lipinski definition) is 8. The van der Waals surface area contributed by atoms with Gasteiger partial charge in [0.05, 0.1) is 31.6 Å². The molecular formula is C26H37N5O7. The fourth-order valence-electron chi connectivity index (χ4n) is 4.88. The highest BCUT2D eigenvalue weighted by molar-refractivity contribution is 5.83. The van der Waals surface area contributed by atoms with Gasteiger partial charge in [0.25, 0.3) is 0 Å². The van der Waals surface area contributed by atoms with E-state index in [1.165, 1.54) is 6.20 Å². The van der Waals surface area contributed by atoms with Crippen molar-refractivity contribution in [3.05, 3.63) is 47.4 Å². The first kappa shape index (κ1) is 29.2. The molecule has 1 fully saturated rings. The summed E-state index contributed by atoms with van der Waals surface area (Å²) in [7, 11) is 0. The molecule has 3 N–H and O–H groups in total. The molecular weight excluding hydrogens is 494 g/mol. The number of carbonyl (C=O) groups is 3. The van der Waals surface area contributed by atoms with Crippen molar-refractivity contribution in [1.82, 2.24) is 19.6 Å². The Labute approximate surface area is 221 Å². The van der Waals surface area contributed by atoms with Crippen LogP contribution in [0.1, 0.15) is 18.5 Å². The van der Waals surface area contributed by atoms with E-state index < -0.39 is 17.9 Å². The standard InChI is InChI=1S/C26H37N5O7/c32-24(33)18-28-10-4-11-30(20-26(36)37)16-15-29(19-25(34)35)9-3-8-27(13-14-28)17-23-22-6-2-1-5-21(22)7-12-31(23)38/h1-2,5-7,12H,3-4,8-11,13-20H2,(H,32,33)(H,34,35)(H,36,37). The summed E-state index contributed by atoms with van der Waals surface area (Å²) in [6.45, 7) is 3.74. The van der Waals surface area contributed by atoms with Gasteiger partial charge in [-0.25, -0.2) is 0 Å². The van der Waals surface area contributed by atoms with Crippen LogP contribution >= 0.6 is 0 Å². The average molecular weight is 532 g/mol. The van der Waals surface area contributed by atoms with Crippen molar-refractivity contribution in [3.63, 3.8) is 0 Å². The number of benzene rings is 1. The van der Waals surface area contributed by atoms with Gasteiger partial charge in [-0.3, -0.25) is 34.0 Å². The van der Waals surface area contributed by atoms with Gasteiger partial charge in [0.2, 0.25) is 5.69 Å². The van der Waals surface area contributed by atoms with E-state index in [0.29, 0.717) is 77.4 Å². The highest BCUT2D eigenvalue weighted by Crippen LogP contribution is 2.17. The second-order valence-electron chi connectivity index (χ2n) is 9.67. The molecule has 0 aliphatic carbocycles. The Morgan fingerprint density at radius 2 is 1.13 bits per heavy atom. The Morgan fingerprint density at radius 3 is 1.63 bits per heavy atom. The van der Waals surface area contributed by atoms with Crippen molar-refractivity contribution < 1.29 is 34.4 Å². The van der Waals surface area contributed by atoms with E-state index in [4.69, 9.17) is 0 Å². The van der Waals surface area contributed by atoms with Crippen molar-refractivity contribution in [2.24, 2.45) is 0 Å². The maximum atomic E-state index is 12.7. The smallest absolute Gasteiger partial charge is 0.317 e. The van der Waals surface area contributed by atoms with E-state index in [9.17, 15) is 34.9 Å². The quantitative estimate of drug-likeness (QED) is 0.317. The van der Waals surface area contributed by atoms with Crippen LogP contribution in [0.4, 0.5) is 0 Å². The van der Waals surface area contributed by atoms with E-state index in [2.05, 4.69) is 4.90 Å². The van der Waals surface area contributed by atoms with Crippen molar-refractivity contribution in [1.29, 1.82) is 0 Å². The van der Waals surface area contributed by atoms with Crippen LogP contribution in [-0.2, 0) is 20.9 Å². The molecule has 1 saturated heterocycles. The van der Waals surface area contributed by atoms with Crippen LogP contribution in [0, 0.1) is 5.21 Å². The lowest BCUT2D eigenvalue weighted by atomic mass is 10.1. The molecule has 0 amide bonds. The Hall–Kier alpha value is -3.32. The topological polar surface area (TPSA) is 152 Å². The van der Waals surface area contributed by atoms with Crippen LogP contribution in [0.25, 0.3) is 10.8 Å². The minimum absolute atomic E-state index is 0.130. The van der Waals surface area contributed by atoms with Crippen LogP contribution in [0.3, 0.4) is 0 Å². The molecule has 0 bridgehead atoms. The number of aromatic nitrogens is 1. The summed E-state index contributed by atoms with van der Waals surface area (Å²) in [6, 6.07) is 9.45. The van der Waals surface area contributed by atoms with Crippen molar-refractivity contribution in [2.45, 2.75) is 19.4 Å². The summed E-state index contributed by atoms with van der Waals surface area (Å²) in [5, 5.41) is 42.6. The first-order chi connectivity index (χ1) is 18.2. The number of hydrogen-bond donors (Lipinski definition) is 3. The lowest BCUT2D eigenvalue weighted by Crippen LogP contribution is -2.44. The number of fused-ring (bicyclic) bond motifs is 1. The van der Waals surface area contributed by atoms with Crippen LogP contribution in [0.15, 0.2) is 36.5 Å². The van der Waals surface area contributed by atoms with Gasteiger partial charge in [-0.1, -0.05) is 18.2 Å². The highest BCUT2D eigenvalue weighted by Gasteiger charge is 2.21. The second-order valence-corrected chi connectivity index (χ2v) is 9.67. The summed E-state index contributed by atoms with van der Waals surface area (Å²) in [4.78, 5) is 41.8. The van der Waals surface area contributed by atoms with Crippen LogP contribution in [0.5, 0.6) is 0 Å². The Bertz CT molecular complexity index is 1100. The zero-order chi connectivity index (χ0) is 27.5. The molecule has 0 saturated carbocycles. The normalized spacial score (nSPS) is 18.2. The summed E-state index contributed by atoms with van der Waals surface area (Å²) in [5.74, 6) is -2.84. The molecule has 0 atom stereocenters. The molecule has 1 aliphatic rings. The minimum atomic E-state index is -0.960. The summed E-state index contributed by atoms with van der Waals surface area (Å²) in [5.41, 5.74) is 0.612. The third-order valence-corrected chi connectivity index (χ3v) is 6.74. The van der Waals surface area contributed by atoms with Gasteiger partial charge >= 0.3 is 17.9 Å². The van der Waals surface area contributed by atoms with Gasteiger partial charge in [-0.2, -0.15) is 4.73 Å². The fourth-order valence-corrected chi connectivity index (χ4v) is 4.88. The molecule has 0 unspecified atom stereocenters. The predicted molar refractivity (Wildman–Crippen MR) is 140 cm³/mol. The van der Waals surface area contributed by atoms with E-state index in [1.807, 2.05) is 34.1 Å². The van der Waals surface area contributed by atoms with Gasteiger partial charge in [-0.15, -0.1) is 0 Å². The van der Waals surface area contributed by atoms with E-state index >= 15 is 0 Å². The third kappa shape index (κ3) is 9.53. The third-order valence-electron chi connectivity index (χ3n) is 6.74. The largest absolute Gasteiger partial charge is 0.618 e. The summed E-state index contributed by atoms with van der Waals surface area (Å²) < 4.78 is 0.871. The number of nitrogens with zero attached hydrogens (tertiary/aromatic N) is 5. The number of rotatable bonds is 8. The first-order valence-electron chi connectivity index (χ1n) is 12.9. The van der Waals surface area contributed by atoms with Crippen LogP contribution in [0.2, 0.25) is 0 Å². The SMILES string of the molecule is O=C(O)CN1CCCN(CC(=O)O)CCN(Cc2c3ccccc3cc[n+]2[O-])CCCN(CC(=O)O)CC1. The molecule has 12 nitrogen and oxygen atoms in total. The Balaban J connectivity index is 1.80. The number of carboxylic acid groups (broad SMARTS) is 3. The molecule has 3 rings (SSSR count). The summed E-state index contributed by atoms with van der Waals surface area (Å²) >= 11 is 0. The van der Waals surface area contributed by atoms with Gasteiger partial charge in [-0.05, 0) is 30.8 Å². The van der Waals surface area contributed by atoms with E-state index in [0.717, 1.165) is 15.5 Å². The van der Waals surface area contributed by atoms with Crippen LogP contribution in [-0.4, -0.2) is 125 Å². The molecule has 2 heterocycles. The maximum absolute atomic E-state index is 12.7. The molecule has 0 radical (unpaired) electrons. The van der Waals surface area contributed by atoms with Crippen molar-refractivity contribution in [3.8, 4) is 0 Å². The van der Waals surface area contributed by atoms with Crippen molar-refractivity contribution in [2.75, 3.05) is 72.0 Å². The highest BCUT2D eigenvalue weighted by atomic mass is 16.5. The van der Waals surface area contributed by atoms with E-state index in [-0.39, 0.29) is 19.6 Å². The minimum Gasteiger partial charge on any atom is -0.618 e. The van der Waals surface area contributed by atoms with Gasteiger partial charge in [0.1, 0.15) is 0 Å². The first-order valence-corrected chi connectivity index (χ1v) is 12.9. The van der Waals surface area contributed by atoms with Crippen LogP contribution < -0.4 is 4.73 Å². The fraction of sp³-hybridized carbons (Fsp3) is 0.538. The molecule has 38 heavy (non-hydrogen) atoms. The zero-order valence-corrected chi connectivity index (χ0v) is 21.6. The Kier molecular flexibility index (Phi) is 11.2. The van der Waals surface area contributed by atoms with Gasteiger partial charge in [0, 0.05) is 51.9 Å². The Morgan fingerprint density at radius 1 is 0.684 bits per heavy atom. The monoisotopic (exact) mass is 531 g/mol. The average Bonchev–Trinajstić information content (AvgIpc) is 2.85. The van der Waals surface area contributed by atoms with Gasteiger partial charge < -0.3 is 20.5 Å². The number of aliphatic carboxylic acids is 3. The van der Waals surface area contributed by atoms with E-state index in [1.54, 1.807) is 11.0 Å². The predicted octanol–water partition coefficient (Wildman–Crippen LogP) is 0.229. The molecule has 0 spiro atoms.